The topological polar surface area (TPSA) is 129 Å². The number of benzene rings is 2. The summed E-state index contributed by atoms with van der Waals surface area (Å²) in [7, 11) is 5.02. The van der Waals surface area contributed by atoms with Crippen LogP contribution in [0, 0.1) is 24.7 Å². The van der Waals surface area contributed by atoms with E-state index >= 15 is 0 Å². The summed E-state index contributed by atoms with van der Waals surface area (Å²) < 4.78 is 23.0. The molecule has 1 N–H and O–H groups in total. The standard InChI is InChI=1S/C37H44N4O7/c1-6-47-36(44)37-21-24(37)11-9-7-8-10-18-41(3)35(43)29-20-26(19-28(29)33(42)40-37)48-34-27-16-17-30(46-5)22(2)31(27)38-32(39-34)23-12-14-25(45-4)15-13-23/h9,11-17,24,26,28-29H,6-8,10,18-21H2,1-5H3,(H,40,42)/t24-,26-,28-,29-,37-/m1/s1. The number of ether oxygens (including phenoxy) is 4. The zero-order valence-electron chi connectivity index (χ0n) is 28.3. The van der Waals surface area contributed by atoms with Crippen LogP contribution in [0.3, 0.4) is 0 Å². The lowest BCUT2D eigenvalue weighted by atomic mass is 9.93. The maximum Gasteiger partial charge on any atom is 0.332 e. The van der Waals surface area contributed by atoms with Gasteiger partial charge >= 0.3 is 5.97 Å². The van der Waals surface area contributed by atoms with Gasteiger partial charge in [-0.3, -0.25) is 9.59 Å². The van der Waals surface area contributed by atoms with E-state index in [1.54, 1.807) is 33.1 Å². The van der Waals surface area contributed by atoms with Crippen molar-refractivity contribution in [2.45, 2.75) is 64.0 Å². The maximum atomic E-state index is 14.1. The molecule has 2 fully saturated rings. The molecule has 48 heavy (non-hydrogen) atoms. The molecule has 2 aromatic carbocycles. The highest BCUT2D eigenvalue weighted by atomic mass is 16.5. The van der Waals surface area contributed by atoms with Crippen molar-refractivity contribution < 1.29 is 33.3 Å². The Morgan fingerprint density at radius 1 is 1.02 bits per heavy atom. The summed E-state index contributed by atoms with van der Waals surface area (Å²) in [5.74, 6) is -0.0931. The molecule has 0 bridgehead atoms. The first kappa shape index (κ1) is 33.2. The van der Waals surface area contributed by atoms with E-state index in [4.69, 9.17) is 28.9 Å². The molecule has 1 aliphatic heterocycles. The van der Waals surface area contributed by atoms with Crippen molar-refractivity contribution in [1.29, 1.82) is 0 Å². The molecular weight excluding hydrogens is 612 g/mol. The van der Waals surface area contributed by atoms with Crippen LogP contribution in [0.5, 0.6) is 17.4 Å². The Hall–Kier alpha value is -4.67. The molecule has 2 heterocycles. The van der Waals surface area contributed by atoms with Gasteiger partial charge in [-0.1, -0.05) is 12.2 Å². The van der Waals surface area contributed by atoms with E-state index in [9.17, 15) is 14.4 Å². The second kappa shape index (κ2) is 13.8. The number of fused-ring (bicyclic) bond motifs is 3. The normalized spacial score (nSPS) is 25.8. The van der Waals surface area contributed by atoms with Gasteiger partial charge in [-0.2, -0.15) is 4.98 Å². The molecule has 11 nitrogen and oxygen atoms in total. The third-order valence-electron chi connectivity index (χ3n) is 9.92. The maximum absolute atomic E-state index is 14.1. The third kappa shape index (κ3) is 6.42. The lowest BCUT2D eigenvalue weighted by molar-refractivity contribution is -0.150. The predicted octanol–water partition coefficient (Wildman–Crippen LogP) is 5.03. The fourth-order valence-electron chi connectivity index (χ4n) is 7.06. The first-order valence-electron chi connectivity index (χ1n) is 16.8. The van der Waals surface area contributed by atoms with Gasteiger partial charge in [-0.25, -0.2) is 9.78 Å². The number of rotatable bonds is 7. The summed E-state index contributed by atoms with van der Waals surface area (Å²) in [6.45, 7) is 4.51. The largest absolute Gasteiger partial charge is 0.497 e. The average molecular weight is 657 g/mol. The van der Waals surface area contributed by atoms with Crippen molar-refractivity contribution in [2.24, 2.45) is 17.8 Å². The van der Waals surface area contributed by atoms with E-state index in [1.807, 2.05) is 49.4 Å². The van der Waals surface area contributed by atoms with Crippen LogP contribution < -0.4 is 19.5 Å². The van der Waals surface area contributed by atoms with Crippen molar-refractivity contribution >= 4 is 28.7 Å². The number of aromatic nitrogens is 2. The van der Waals surface area contributed by atoms with Crippen LogP contribution in [0.1, 0.15) is 51.0 Å². The number of nitrogens with zero attached hydrogens (tertiary/aromatic N) is 3. The minimum Gasteiger partial charge on any atom is -0.497 e. The SMILES string of the molecule is CCOC(=O)[C@@]12C[C@H]1C=CCCCCN(C)C(=O)[C@@H]1C[C@H](Oc3nc(-c4ccc(OC)cc4)nc4c(C)c(OC)ccc34)C[C@H]1C(=O)N2. The van der Waals surface area contributed by atoms with E-state index < -0.39 is 29.4 Å². The monoisotopic (exact) mass is 656 g/mol. The molecule has 254 valence electrons. The summed E-state index contributed by atoms with van der Waals surface area (Å²) in [4.78, 5) is 52.6. The first-order chi connectivity index (χ1) is 23.2. The summed E-state index contributed by atoms with van der Waals surface area (Å²) in [5, 5.41) is 3.75. The quantitative estimate of drug-likeness (QED) is 0.275. The van der Waals surface area contributed by atoms with Crippen molar-refractivity contribution in [3.8, 4) is 28.8 Å². The molecule has 0 saturated heterocycles. The van der Waals surface area contributed by atoms with Crippen LogP contribution in [0.15, 0.2) is 48.6 Å². The van der Waals surface area contributed by atoms with Crippen LogP contribution in [-0.2, 0) is 19.1 Å². The number of esters is 1. The number of nitrogens with one attached hydrogen (secondary N) is 1. The van der Waals surface area contributed by atoms with Crippen LogP contribution in [-0.4, -0.2) is 78.7 Å². The van der Waals surface area contributed by atoms with Gasteiger partial charge in [0, 0.05) is 30.6 Å². The van der Waals surface area contributed by atoms with Gasteiger partial charge in [0.05, 0.1) is 43.6 Å². The number of amides is 2. The minimum atomic E-state index is -1.11. The summed E-state index contributed by atoms with van der Waals surface area (Å²) in [6.07, 6.45) is 7.28. The lowest BCUT2D eigenvalue weighted by Crippen LogP contribution is -2.50. The van der Waals surface area contributed by atoms with E-state index in [-0.39, 0.29) is 30.8 Å². The molecule has 2 amide bonds. The van der Waals surface area contributed by atoms with Crippen LogP contribution in [0.25, 0.3) is 22.3 Å². The van der Waals surface area contributed by atoms with Gasteiger partial charge in [-0.15, -0.1) is 0 Å². The fraction of sp³-hybridized carbons (Fsp3) is 0.486. The summed E-state index contributed by atoms with van der Waals surface area (Å²) >= 11 is 0. The third-order valence-corrected chi connectivity index (χ3v) is 9.92. The smallest absolute Gasteiger partial charge is 0.332 e. The van der Waals surface area contributed by atoms with Crippen molar-refractivity contribution in [2.75, 3.05) is 34.4 Å². The van der Waals surface area contributed by atoms with Crippen LogP contribution >= 0.6 is 0 Å². The average Bonchev–Trinajstić information content (AvgIpc) is 3.62. The number of hydrogen-bond acceptors (Lipinski definition) is 9. The Morgan fingerprint density at radius 3 is 2.52 bits per heavy atom. The molecule has 3 aliphatic rings. The lowest BCUT2D eigenvalue weighted by Gasteiger charge is -2.26. The van der Waals surface area contributed by atoms with E-state index in [0.717, 1.165) is 30.4 Å². The molecule has 0 unspecified atom stereocenters. The highest BCUT2D eigenvalue weighted by Crippen LogP contribution is 2.47. The molecule has 6 rings (SSSR count). The zero-order valence-corrected chi connectivity index (χ0v) is 28.3. The second-order valence-electron chi connectivity index (χ2n) is 13.0. The highest BCUT2D eigenvalue weighted by molar-refractivity contribution is 5.95. The van der Waals surface area contributed by atoms with Gasteiger partial charge in [0.15, 0.2) is 5.82 Å². The fourth-order valence-corrected chi connectivity index (χ4v) is 7.06. The Morgan fingerprint density at radius 2 is 1.79 bits per heavy atom. The Kier molecular flexibility index (Phi) is 9.57. The van der Waals surface area contributed by atoms with E-state index in [0.29, 0.717) is 53.5 Å². The van der Waals surface area contributed by atoms with Crippen molar-refractivity contribution in [3.63, 3.8) is 0 Å². The van der Waals surface area contributed by atoms with E-state index in [2.05, 4.69) is 11.4 Å². The number of aryl methyl sites for hydroxylation is 1. The Bertz CT molecular complexity index is 1720. The molecule has 2 saturated carbocycles. The van der Waals surface area contributed by atoms with Gasteiger partial charge in [0.1, 0.15) is 23.1 Å². The Balaban J connectivity index is 1.34. The molecule has 5 atom stereocenters. The molecule has 0 spiro atoms. The molecule has 2 aliphatic carbocycles. The van der Waals surface area contributed by atoms with Gasteiger partial charge < -0.3 is 29.2 Å². The number of methoxy groups -OCH3 is 2. The number of allylic oxidation sites excluding steroid dienone is 1. The highest BCUT2D eigenvalue weighted by Gasteiger charge is 2.62. The minimum absolute atomic E-state index is 0.0987. The first-order valence-corrected chi connectivity index (χ1v) is 16.8. The van der Waals surface area contributed by atoms with Gasteiger partial charge in [0.25, 0.3) is 0 Å². The summed E-state index contributed by atoms with van der Waals surface area (Å²) in [6, 6.07) is 11.2. The molecule has 3 aromatic rings. The zero-order chi connectivity index (χ0) is 34.0. The van der Waals surface area contributed by atoms with Crippen molar-refractivity contribution in [1.82, 2.24) is 20.2 Å². The molecule has 11 heteroatoms. The number of carbonyl (C=O) groups is 3. The predicted molar refractivity (Wildman–Crippen MR) is 180 cm³/mol. The molecule has 1 aromatic heterocycles. The second-order valence-corrected chi connectivity index (χ2v) is 13.0. The Labute approximate surface area is 281 Å². The number of hydrogen-bond donors (Lipinski definition) is 1. The molecule has 0 radical (unpaired) electrons. The van der Waals surface area contributed by atoms with Crippen LogP contribution in [0.2, 0.25) is 0 Å². The van der Waals surface area contributed by atoms with Crippen LogP contribution in [0.4, 0.5) is 0 Å². The van der Waals surface area contributed by atoms with E-state index in [1.165, 1.54) is 0 Å². The van der Waals surface area contributed by atoms with Crippen molar-refractivity contribution in [3.05, 3.63) is 54.1 Å². The van der Waals surface area contributed by atoms with Gasteiger partial charge in [-0.05, 0) is 88.8 Å². The molecular formula is C37H44N4O7. The van der Waals surface area contributed by atoms with Gasteiger partial charge in [0.2, 0.25) is 17.7 Å². The summed E-state index contributed by atoms with van der Waals surface area (Å²) in [5.41, 5.74) is 1.18. The number of carbonyl (C=O) groups excluding carboxylic acids is 3.